The van der Waals surface area contributed by atoms with Crippen LogP contribution in [0.4, 0.5) is 0 Å². The van der Waals surface area contributed by atoms with Crippen LogP contribution in [0.2, 0.25) is 0 Å². The molecule has 106 valence electrons. The second-order valence-electron chi connectivity index (χ2n) is 6.02. The van der Waals surface area contributed by atoms with Crippen LogP contribution >= 0.6 is 0 Å². The van der Waals surface area contributed by atoms with Crippen LogP contribution in [0.5, 0.6) is 0 Å². The average molecular weight is 253 g/mol. The summed E-state index contributed by atoms with van der Waals surface area (Å²) in [5.41, 5.74) is 0. The van der Waals surface area contributed by atoms with Gasteiger partial charge < -0.3 is 5.32 Å². The minimum absolute atomic E-state index is 0.204. The van der Waals surface area contributed by atoms with Gasteiger partial charge in [-0.25, -0.2) is 0 Å². The highest BCUT2D eigenvalue weighted by Gasteiger charge is 2.29. The molecule has 0 aromatic rings. The Bertz CT molecular complexity index is 239. The summed E-state index contributed by atoms with van der Waals surface area (Å²) in [6, 6.07) is 0.806. The molecule has 1 rings (SSSR count). The molecule has 1 saturated heterocycles. The Kier molecular flexibility index (Phi) is 7.57. The summed E-state index contributed by atoms with van der Waals surface area (Å²) in [5, 5.41) is 3.59. The van der Waals surface area contributed by atoms with E-state index in [4.69, 9.17) is 0 Å². The van der Waals surface area contributed by atoms with Gasteiger partial charge in [-0.05, 0) is 13.3 Å². The standard InChI is InChI=1S/C16H31NO/c1-4-5-6-7-8-9-10-11-15-12-16(18)13(2)14(3)17-15/h13-15,17H,4-12H2,1-3H3/t13-,14-,15+/m0/s1. The lowest BCUT2D eigenvalue weighted by atomic mass is 9.87. The summed E-state index contributed by atoms with van der Waals surface area (Å²) >= 11 is 0. The molecule has 0 bridgehead atoms. The van der Waals surface area contributed by atoms with E-state index >= 15 is 0 Å². The van der Waals surface area contributed by atoms with E-state index in [0.717, 1.165) is 6.42 Å². The molecule has 0 amide bonds. The molecule has 3 atom stereocenters. The number of ketones is 1. The predicted octanol–water partition coefficient (Wildman–Crippen LogP) is 4.08. The Hall–Kier alpha value is -0.370. The van der Waals surface area contributed by atoms with Crippen LogP contribution < -0.4 is 5.32 Å². The van der Waals surface area contributed by atoms with Crippen molar-refractivity contribution in [3.63, 3.8) is 0 Å². The number of unbranched alkanes of at least 4 members (excludes halogenated alkanes) is 6. The number of carbonyl (C=O) groups is 1. The molecule has 0 aliphatic carbocycles. The van der Waals surface area contributed by atoms with Crippen LogP contribution in [0.15, 0.2) is 0 Å². The van der Waals surface area contributed by atoms with Gasteiger partial charge in [0.15, 0.2) is 0 Å². The highest BCUT2D eigenvalue weighted by Crippen LogP contribution is 2.19. The number of hydrogen-bond acceptors (Lipinski definition) is 2. The van der Waals surface area contributed by atoms with Gasteiger partial charge in [0.25, 0.3) is 0 Å². The monoisotopic (exact) mass is 253 g/mol. The highest BCUT2D eigenvalue weighted by molar-refractivity contribution is 5.82. The quantitative estimate of drug-likeness (QED) is 0.660. The molecule has 0 aromatic heterocycles. The molecule has 1 aliphatic heterocycles. The van der Waals surface area contributed by atoms with Gasteiger partial charge in [-0.15, -0.1) is 0 Å². The van der Waals surface area contributed by atoms with Crippen molar-refractivity contribution >= 4 is 5.78 Å². The Morgan fingerprint density at radius 1 is 1.06 bits per heavy atom. The minimum atomic E-state index is 0.204. The van der Waals surface area contributed by atoms with Crippen LogP contribution in [0.1, 0.15) is 78.6 Å². The summed E-state index contributed by atoms with van der Waals surface area (Å²) in [5.74, 6) is 0.657. The zero-order valence-electron chi connectivity index (χ0n) is 12.5. The lowest BCUT2D eigenvalue weighted by molar-refractivity contribution is -0.125. The first kappa shape index (κ1) is 15.7. The van der Waals surface area contributed by atoms with E-state index < -0.39 is 0 Å². The SMILES string of the molecule is CCCCCCCCC[C@@H]1CC(=O)[C@@H](C)[C@H](C)N1. The summed E-state index contributed by atoms with van der Waals surface area (Å²) in [6.45, 7) is 6.44. The van der Waals surface area contributed by atoms with Crippen molar-refractivity contribution in [2.45, 2.75) is 90.6 Å². The van der Waals surface area contributed by atoms with Crippen molar-refractivity contribution in [3.8, 4) is 0 Å². The van der Waals surface area contributed by atoms with Crippen molar-refractivity contribution in [3.05, 3.63) is 0 Å². The van der Waals surface area contributed by atoms with E-state index in [1.165, 1.54) is 51.4 Å². The van der Waals surface area contributed by atoms with Gasteiger partial charge in [0.2, 0.25) is 0 Å². The molecule has 0 aromatic carbocycles. The van der Waals surface area contributed by atoms with Gasteiger partial charge in [0.05, 0.1) is 0 Å². The third kappa shape index (κ3) is 5.51. The second kappa shape index (κ2) is 8.68. The molecule has 0 radical (unpaired) electrons. The van der Waals surface area contributed by atoms with Crippen LogP contribution in [0, 0.1) is 5.92 Å². The van der Waals surface area contributed by atoms with Gasteiger partial charge in [-0.1, -0.05) is 58.8 Å². The van der Waals surface area contributed by atoms with E-state index in [2.05, 4.69) is 19.2 Å². The van der Waals surface area contributed by atoms with E-state index in [-0.39, 0.29) is 5.92 Å². The number of carbonyl (C=O) groups excluding carboxylic acids is 1. The molecule has 18 heavy (non-hydrogen) atoms. The molecule has 0 spiro atoms. The normalized spacial score (nSPS) is 28.6. The molecule has 1 fully saturated rings. The molecule has 2 nitrogen and oxygen atoms in total. The molecule has 1 heterocycles. The Morgan fingerprint density at radius 2 is 1.67 bits per heavy atom. The maximum absolute atomic E-state index is 11.8. The Balaban J connectivity index is 2.04. The molecular weight excluding hydrogens is 222 g/mol. The van der Waals surface area contributed by atoms with Crippen LogP contribution in [-0.2, 0) is 4.79 Å². The third-order valence-electron chi connectivity index (χ3n) is 4.36. The summed E-state index contributed by atoms with van der Waals surface area (Å²) in [7, 11) is 0. The van der Waals surface area contributed by atoms with Crippen LogP contribution in [0.3, 0.4) is 0 Å². The first-order valence-electron chi connectivity index (χ1n) is 7.94. The van der Waals surface area contributed by atoms with Gasteiger partial charge in [-0.3, -0.25) is 4.79 Å². The van der Waals surface area contributed by atoms with Crippen molar-refractivity contribution in [2.75, 3.05) is 0 Å². The fraction of sp³-hybridized carbons (Fsp3) is 0.938. The van der Waals surface area contributed by atoms with Crippen LogP contribution in [-0.4, -0.2) is 17.9 Å². The summed E-state index contributed by atoms with van der Waals surface area (Å²) < 4.78 is 0. The number of rotatable bonds is 8. The molecule has 1 N–H and O–H groups in total. The fourth-order valence-electron chi connectivity index (χ4n) is 2.82. The number of nitrogens with one attached hydrogen (secondary N) is 1. The summed E-state index contributed by atoms with van der Waals surface area (Å²) in [4.78, 5) is 11.8. The maximum atomic E-state index is 11.8. The van der Waals surface area contributed by atoms with E-state index in [1.54, 1.807) is 0 Å². The lowest BCUT2D eigenvalue weighted by Crippen LogP contribution is -2.49. The second-order valence-corrected chi connectivity index (χ2v) is 6.02. The number of piperidine rings is 1. The molecule has 0 saturated carbocycles. The van der Waals surface area contributed by atoms with Gasteiger partial charge in [-0.2, -0.15) is 0 Å². The lowest BCUT2D eigenvalue weighted by Gasteiger charge is -2.32. The largest absolute Gasteiger partial charge is 0.310 e. The van der Waals surface area contributed by atoms with Crippen molar-refractivity contribution in [1.82, 2.24) is 5.32 Å². The Morgan fingerprint density at radius 3 is 2.28 bits per heavy atom. The minimum Gasteiger partial charge on any atom is -0.310 e. The zero-order valence-corrected chi connectivity index (χ0v) is 12.5. The molecule has 1 aliphatic rings. The number of hydrogen-bond donors (Lipinski definition) is 1. The van der Waals surface area contributed by atoms with E-state index in [9.17, 15) is 4.79 Å². The van der Waals surface area contributed by atoms with Crippen molar-refractivity contribution in [1.29, 1.82) is 0 Å². The maximum Gasteiger partial charge on any atom is 0.138 e. The van der Waals surface area contributed by atoms with Crippen molar-refractivity contribution in [2.24, 2.45) is 5.92 Å². The van der Waals surface area contributed by atoms with E-state index in [1.807, 2.05) is 6.92 Å². The smallest absolute Gasteiger partial charge is 0.138 e. The highest BCUT2D eigenvalue weighted by atomic mass is 16.1. The molecule has 0 unspecified atom stereocenters. The van der Waals surface area contributed by atoms with Crippen LogP contribution in [0.25, 0.3) is 0 Å². The fourth-order valence-corrected chi connectivity index (χ4v) is 2.82. The third-order valence-corrected chi connectivity index (χ3v) is 4.36. The topological polar surface area (TPSA) is 29.1 Å². The number of Topliss-reactive ketones (excluding diaryl/α,β-unsaturated/α-hetero) is 1. The first-order chi connectivity index (χ1) is 8.65. The van der Waals surface area contributed by atoms with E-state index in [0.29, 0.717) is 17.9 Å². The average Bonchev–Trinajstić information content (AvgIpc) is 2.34. The molecular formula is C16H31NO. The first-order valence-corrected chi connectivity index (χ1v) is 7.94. The zero-order chi connectivity index (χ0) is 13.4. The van der Waals surface area contributed by atoms with Gasteiger partial charge in [0, 0.05) is 24.4 Å². The molecule has 2 heteroatoms. The van der Waals surface area contributed by atoms with Crippen molar-refractivity contribution < 1.29 is 4.79 Å². The van der Waals surface area contributed by atoms with Gasteiger partial charge >= 0.3 is 0 Å². The Labute approximate surface area is 113 Å². The predicted molar refractivity (Wildman–Crippen MR) is 77.8 cm³/mol. The van der Waals surface area contributed by atoms with Gasteiger partial charge in [0.1, 0.15) is 5.78 Å². The summed E-state index contributed by atoms with van der Waals surface area (Å²) in [6.07, 6.45) is 11.4.